The summed E-state index contributed by atoms with van der Waals surface area (Å²) in [6, 6.07) is 0.519. The van der Waals surface area contributed by atoms with E-state index in [0.717, 1.165) is 25.9 Å². The van der Waals surface area contributed by atoms with E-state index in [1.54, 1.807) is 6.20 Å². The van der Waals surface area contributed by atoms with Crippen molar-refractivity contribution in [3.05, 3.63) is 11.6 Å². The van der Waals surface area contributed by atoms with Gasteiger partial charge in [0.25, 0.3) is 0 Å². The second-order valence-electron chi connectivity index (χ2n) is 4.75. The number of nitrogens with zero attached hydrogens (tertiary/aromatic N) is 2. The molecule has 2 heterocycles. The SMILES string of the molecule is CC(C)N1CCC[C@H](C(=O)Nc2nccs2)C1. The lowest BCUT2D eigenvalue weighted by molar-refractivity contribution is -0.121. The minimum Gasteiger partial charge on any atom is -0.302 e. The van der Waals surface area contributed by atoms with Gasteiger partial charge in [-0.25, -0.2) is 4.98 Å². The van der Waals surface area contributed by atoms with Gasteiger partial charge in [0.2, 0.25) is 5.91 Å². The molecule has 1 aromatic heterocycles. The number of thiazole rings is 1. The number of nitrogens with one attached hydrogen (secondary N) is 1. The Hall–Kier alpha value is -0.940. The van der Waals surface area contributed by atoms with Crippen molar-refractivity contribution in [1.29, 1.82) is 0 Å². The van der Waals surface area contributed by atoms with Crippen LogP contribution in [0.25, 0.3) is 0 Å². The second kappa shape index (κ2) is 5.60. The summed E-state index contributed by atoms with van der Waals surface area (Å²) in [5.74, 6) is 0.223. The third-order valence-electron chi connectivity index (χ3n) is 3.22. The first-order valence-corrected chi connectivity index (χ1v) is 6.99. The van der Waals surface area contributed by atoms with Gasteiger partial charge in [0.05, 0.1) is 5.92 Å². The van der Waals surface area contributed by atoms with E-state index in [0.29, 0.717) is 11.2 Å². The molecule has 5 heteroatoms. The van der Waals surface area contributed by atoms with E-state index in [4.69, 9.17) is 0 Å². The third-order valence-corrected chi connectivity index (χ3v) is 3.90. The van der Waals surface area contributed by atoms with Crippen LogP contribution >= 0.6 is 11.3 Å². The van der Waals surface area contributed by atoms with Crippen molar-refractivity contribution in [1.82, 2.24) is 9.88 Å². The van der Waals surface area contributed by atoms with Crippen molar-refractivity contribution < 1.29 is 4.79 Å². The number of rotatable bonds is 3. The van der Waals surface area contributed by atoms with E-state index in [1.807, 2.05) is 5.38 Å². The molecule has 0 saturated carbocycles. The Labute approximate surface area is 106 Å². The van der Waals surface area contributed by atoms with Gasteiger partial charge in [-0.05, 0) is 33.2 Å². The molecule has 0 aliphatic carbocycles. The monoisotopic (exact) mass is 253 g/mol. The average Bonchev–Trinajstić information content (AvgIpc) is 2.82. The highest BCUT2D eigenvalue weighted by Gasteiger charge is 2.27. The van der Waals surface area contributed by atoms with Crippen LogP contribution in [0.1, 0.15) is 26.7 Å². The van der Waals surface area contributed by atoms with Gasteiger partial charge in [-0.15, -0.1) is 11.3 Å². The van der Waals surface area contributed by atoms with E-state index in [1.165, 1.54) is 11.3 Å². The zero-order valence-corrected chi connectivity index (χ0v) is 11.2. The Bertz CT molecular complexity index is 364. The molecule has 1 aliphatic rings. The summed E-state index contributed by atoms with van der Waals surface area (Å²) in [7, 11) is 0. The van der Waals surface area contributed by atoms with E-state index in [9.17, 15) is 4.79 Å². The molecule has 0 bridgehead atoms. The highest BCUT2D eigenvalue weighted by atomic mass is 32.1. The summed E-state index contributed by atoms with van der Waals surface area (Å²) in [5, 5.41) is 5.47. The summed E-state index contributed by atoms with van der Waals surface area (Å²) in [5.41, 5.74) is 0. The van der Waals surface area contributed by atoms with Crippen LogP contribution in [0.4, 0.5) is 5.13 Å². The number of hydrogen-bond donors (Lipinski definition) is 1. The zero-order chi connectivity index (χ0) is 12.3. The predicted octanol–water partition coefficient (Wildman–Crippen LogP) is 2.20. The molecule has 1 amide bonds. The normalized spacial score (nSPS) is 21.7. The molecule has 4 nitrogen and oxygen atoms in total. The standard InChI is InChI=1S/C12H19N3OS/c1-9(2)15-6-3-4-10(8-15)11(16)14-12-13-5-7-17-12/h5,7,9-10H,3-4,6,8H2,1-2H3,(H,13,14,16)/t10-/m0/s1. The first-order chi connectivity index (χ1) is 8.16. The molecular formula is C12H19N3OS. The fourth-order valence-electron chi connectivity index (χ4n) is 2.18. The van der Waals surface area contributed by atoms with E-state index >= 15 is 0 Å². The molecule has 94 valence electrons. The molecule has 1 N–H and O–H groups in total. The first kappa shape index (κ1) is 12.5. The van der Waals surface area contributed by atoms with Gasteiger partial charge >= 0.3 is 0 Å². The Morgan fingerprint density at radius 1 is 1.65 bits per heavy atom. The van der Waals surface area contributed by atoms with Crippen molar-refractivity contribution in [3.8, 4) is 0 Å². The molecule has 1 aromatic rings. The Kier molecular flexibility index (Phi) is 4.12. The topological polar surface area (TPSA) is 45.2 Å². The fourth-order valence-corrected chi connectivity index (χ4v) is 2.71. The Balaban J connectivity index is 1.91. The van der Waals surface area contributed by atoms with Crippen LogP contribution in [-0.2, 0) is 4.79 Å². The number of likely N-dealkylation sites (tertiary alicyclic amines) is 1. The van der Waals surface area contributed by atoms with Crippen LogP contribution in [0.15, 0.2) is 11.6 Å². The van der Waals surface area contributed by atoms with Crippen LogP contribution in [0.3, 0.4) is 0 Å². The van der Waals surface area contributed by atoms with Crippen LogP contribution < -0.4 is 5.32 Å². The Morgan fingerprint density at radius 3 is 3.12 bits per heavy atom. The molecule has 1 aliphatic heterocycles. The van der Waals surface area contributed by atoms with Crippen molar-refractivity contribution in [2.45, 2.75) is 32.7 Å². The van der Waals surface area contributed by atoms with Crippen molar-refractivity contribution >= 4 is 22.4 Å². The van der Waals surface area contributed by atoms with Gasteiger partial charge in [0, 0.05) is 24.2 Å². The fraction of sp³-hybridized carbons (Fsp3) is 0.667. The molecule has 0 spiro atoms. The highest BCUT2D eigenvalue weighted by molar-refractivity contribution is 7.13. The van der Waals surface area contributed by atoms with Gasteiger partial charge in [-0.3, -0.25) is 4.79 Å². The second-order valence-corrected chi connectivity index (χ2v) is 5.65. The largest absolute Gasteiger partial charge is 0.302 e. The van der Waals surface area contributed by atoms with Crippen molar-refractivity contribution in [2.75, 3.05) is 18.4 Å². The number of carbonyl (C=O) groups excluding carboxylic acids is 1. The molecule has 1 fully saturated rings. The maximum Gasteiger partial charge on any atom is 0.230 e. The van der Waals surface area contributed by atoms with Crippen LogP contribution in [0, 0.1) is 5.92 Å². The summed E-state index contributed by atoms with van der Waals surface area (Å²) < 4.78 is 0. The molecule has 1 saturated heterocycles. The number of hydrogen-bond acceptors (Lipinski definition) is 4. The highest BCUT2D eigenvalue weighted by Crippen LogP contribution is 2.20. The summed E-state index contributed by atoms with van der Waals surface area (Å²) in [6.07, 6.45) is 3.80. The summed E-state index contributed by atoms with van der Waals surface area (Å²) in [6.45, 7) is 6.34. The van der Waals surface area contributed by atoms with E-state index in [2.05, 4.69) is 29.0 Å². The zero-order valence-electron chi connectivity index (χ0n) is 10.3. The molecule has 17 heavy (non-hydrogen) atoms. The van der Waals surface area contributed by atoms with Gasteiger partial charge in [-0.2, -0.15) is 0 Å². The minimum atomic E-state index is 0.107. The minimum absolute atomic E-state index is 0.107. The van der Waals surface area contributed by atoms with Crippen LogP contribution in [-0.4, -0.2) is 34.9 Å². The van der Waals surface area contributed by atoms with E-state index < -0.39 is 0 Å². The summed E-state index contributed by atoms with van der Waals surface area (Å²) >= 11 is 1.47. The lowest BCUT2D eigenvalue weighted by atomic mass is 9.96. The van der Waals surface area contributed by atoms with Crippen molar-refractivity contribution in [3.63, 3.8) is 0 Å². The van der Waals surface area contributed by atoms with Gasteiger partial charge in [-0.1, -0.05) is 0 Å². The lowest BCUT2D eigenvalue weighted by Crippen LogP contribution is -2.43. The molecule has 0 unspecified atom stereocenters. The molecule has 1 atom stereocenters. The quantitative estimate of drug-likeness (QED) is 0.898. The Morgan fingerprint density at radius 2 is 2.47 bits per heavy atom. The molecule has 0 aromatic carbocycles. The molecule has 2 rings (SSSR count). The van der Waals surface area contributed by atoms with Crippen molar-refractivity contribution in [2.24, 2.45) is 5.92 Å². The molecular weight excluding hydrogens is 234 g/mol. The third kappa shape index (κ3) is 3.26. The van der Waals surface area contributed by atoms with Crippen LogP contribution in [0.2, 0.25) is 0 Å². The lowest BCUT2D eigenvalue weighted by Gasteiger charge is -2.34. The molecule has 0 radical (unpaired) electrons. The average molecular weight is 253 g/mol. The first-order valence-electron chi connectivity index (χ1n) is 6.11. The van der Waals surface area contributed by atoms with E-state index in [-0.39, 0.29) is 11.8 Å². The number of aromatic nitrogens is 1. The smallest absolute Gasteiger partial charge is 0.230 e. The number of piperidine rings is 1. The number of amides is 1. The predicted molar refractivity (Wildman–Crippen MR) is 70.2 cm³/mol. The maximum absolute atomic E-state index is 12.1. The van der Waals surface area contributed by atoms with Gasteiger partial charge < -0.3 is 10.2 Å². The number of anilines is 1. The summed E-state index contributed by atoms with van der Waals surface area (Å²) in [4.78, 5) is 18.5. The van der Waals surface area contributed by atoms with Crippen LogP contribution in [0.5, 0.6) is 0 Å². The maximum atomic E-state index is 12.1. The van der Waals surface area contributed by atoms with Gasteiger partial charge in [0.15, 0.2) is 5.13 Å². The van der Waals surface area contributed by atoms with Gasteiger partial charge in [0.1, 0.15) is 0 Å². The number of carbonyl (C=O) groups is 1.